The Morgan fingerprint density at radius 2 is 1.81 bits per heavy atom. The summed E-state index contributed by atoms with van der Waals surface area (Å²) in [5.41, 5.74) is 1.78. The second-order valence-corrected chi connectivity index (χ2v) is 16.0. The SMILES string of the molecule is CCOC(=O)CCc1cccc(C2CCCC(C)(C)CS(=O)(=O)/C(C(=O)OCC)=C/c3c(c(F)cc4[nH]ccc34)Oc3ccc(F)c(c3)-c3ccn2n3)c1. The molecule has 0 spiro atoms. The van der Waals surface area contributed by atoms with E-state index in [1.807, 2.05) is 38.1 Å². The van der Waals surface area contributed by atoms with Crippen LogP contribution in [-0.4, -0.2) is 54.1 Å². The number of nitrogens with zero attached hydrogens (tertiary/aromatic N) is 2. The van der Waals surface area contributed by atoms with Gasteiger partial charge in [0.15, 0.2) is 26.3 Å². The van der Waals surface area contributed by atoms with E-state index in [9.17, 15) is 18.0 Å². The lowest BCUT2D eigenvalue weighted by Gasteiger charge is -2.26. The van der Waals surface area contributed by atoms with Crippen molar-refractivity contribution in [3.8, 4) is 22.8 Å². The van der Waals surface area contributed by atoms with Gasteiger partial charge in [-0.3, -0.25) is 9.48 Å². The molecule has 1 N–H and O–H groups in total. The quantitative estimate of drug-likeness (QED) is 0.163. The molecule has 10 nitrogen and oxygen atoms in total. The van der Waals surface area contributed by atoms with Crippen molar-refractivity contribution in [1.82, 2.24) is 14.8 Å². The predicted molar refractivity (Wildman–Crippen MR) is 202 cm³/mol. The first-order valence-electron chi connectivity index (χ1n) is 18.0. The number of nitrogens with one attached hydrogen (secondary N) is 1. The number of sulfone groups is 1. The zero-order chi connectivity index (χ0) is 38.6. The van der Waals surface area contributed by atoms with Gasteiger partial charge < -0.3 is 19.2 Å². The number of benzene rings is 3. The molecular formula is C41H43F2N3O7S. The van der Waals surface area contributed by atoms with Crippen LogP contribution in [0.15, 0.2) is 78.0 Å². The summed E-state index contributed by atoms with van der Waals surface area (Å²) in [6.07, 6.45) is 6.67. The Hall–Kier alpha value is -5.30. The lowest BCUT2D eigenvalue weighted by Crippen LogP contribution is -2.28. The summed E-state index contributed by atoms with van der Waals surface area (Å²) in [4.78, 5) is 27.8. The van der Waals surface area contributed by atoms with E-state index in [4.69, 9.17) is 19.3 Å². The molecule has 0 aliphatic carbocycles. The topological polar surface area (TPSA) is 130 Å². The molecule has 0 amide bonds. The second kappa shape index (κ2) is 16.0. The number of fused-ring (bicyclic) bond motifs is 8. The van der Waals surface area contributed by atoms with Crippen LogP contribution < -0.4 is 4.74 Å². The standard InChI is InChI=1S/C41H43F2N3O7S/c1-5-51-38(47)15-12-26-9-7-10-27(21-26)36-11-8-18-41(3,4)25-54(49,50)37(40(48)52-6-2)23-30-29-16-19-44-35(29)24-33(43)39(30)53-28-13-14-32(42)31(22-28)34-17-20-46(36)45-34/h7,9-10,13-14,16-17,19-24,36,44H,5-6,8,11-12,15,18,25H2,1-4H3/b37-23+. The van der Waals surface area contributed by atoms with Crippen molar-refractivity contribution in [2.45, 2.75) is 65.8 Å². The van der Waals surface area contributed by atoms with E-state index >= 15 is 8.78 Å². The smallest absolute Gasteiger partial charge is 0.349 e. The van der Waals surface area contributed by atoms with E-state index in [0.29, 0.717) is 48.9 Å². The highest BCUT2D eigenvalue weighted by Gasteiger charge is 2.34. The first kappa shape index (κ1) is 38.4. The predicted octanol–water partition coefficient (Wildman–Crippen LogP) is 8.72. The van der Waals surface area contributed by atoms with Gasteiger partial charge in [0.2, 0.25) is 0 Å². The molecule has 54 heavy (non-hydrogen) atoms. The number of rotatable bonds is 7. The van der Waals surface area contributed by atoms with Crippen molar-refractivity contribution >= 4 is 38.8 Å². The maximum absolute atomic E-state index is 15.9. The summed E-state index contributed by atoms with van der Waals surface area (Å²) >= 11 is 0. The molecule has 1 atom stereocenters. The molecule has 3 aromatic carbocycles. The number of hydrogen-bond acceptors (Lipinski definition) is 8. The molecule has 284 valence electrons. The zero-order valence-corrected chi connectivity index (χ0v) is 31.5. The van der Waals surface area contributed by atoms with Gasteiger partial charge in [-0.15, -0.1) is 0 Å². The molecule has 0 radical (unpaired) electrons. The first-order valence-corrected chi connectivity index (χ1v) is 19.6. The molecule has 0 fully saturated rings. The third-order valence-electron chi connectivity index (χ3n) is 9.42. The fourth-order valence-corrected chi connectivity index (χ4v) is 8.84. The number of esters is 2. The molecule has 2 aromatic heterocycles. The van der Waals surface area contributed by atoms with Gasteiger partial charge in [0, 0.05) is 46.9 Å². The summed E-state index contributed by atoms with van der Waals surface area (Å²) in [5.74, 6) is -3.47. The molecule has 0 saturated carbocycles. The van der Waals surface area contributed by atoms with Crippen LogP contribution in [0, 0.1) is 17.0 Å². The highest BCUT2D eigenvalue weighted by Crippen LogP contribution is 2.39. The average Bonchev–Trinajstić information content (AvgIpc) is 3.79. The van der Waals surface area contributed by atoms with E-state index in [1.165, 1.54) is 24.3 Å². The number of aromatic amines is 1. The number of halogens is 2. The number of ether oxygens (including phenoxy) is 3. The van der Waals surface area contributed by atoms with E-state index in [1.54, 1.807) is 43.1 Å². The number of aryl methyl sites for hydroxylation is 1. The highest BCUT2D eigenvalue weighted by molar-refractivity contribution is 7.96. The molecular weight excluding hydrogens is 717 g/mol. The van der Waals surface area contributed by atoms with Crippen LogP contribution in [0.1, 0.15) is 76.1 Å². The lowest BCUT2D eigenvalue weighted by molar-refractivity contribution is -0.143. The maximum atomic E-state index is 15.9. The Balaban J connectivity index is 1.49. The minimum atomic E-state index is -4.33. The maximum Gasteiger partial charge on any atom is 0.349 e. The summed E-state index contributed by atoms with van der Waals surface area (Å²) in [7, 11) is -4.33. The van der Waals surface area contributed by atoms with Crippen molar-refractivity contribution in [3.63, 3.8) is 0 Å². The van der Waals surface area contributed by atoms with E-state index in [2.05, 4.69) is 4.98 Å². The van der Waals surface area contributed by atoms with E-state index in [0.717, 1.165) is 17.2 Å². The van der Waals surface area contributed by atoms with Crippen molar-refractivity contribution in [1.29, 1.82) is 0 Å². The van der Waals surface area contributed by atoms with Crippen LogP contribution >= 0.6 is 0 Å². The molecule has 6 rings (SSSR count). The Kier molecular flexibility index (Phi) is 11.4. The molecule has 1 unspecified atom stereocenters. The molecule has 3 heterocycles. The number of hydrogen-bond donors (Lipinski definition) is 1. The Morgan fingerprint density at radius 1 is 1.02 bits per heavy atom. The number of carbonyl (C=O) groups is 2. The van der Waals surface area contributed by atoms with Gasteiger partial charge in [-0.25, -0.2) is 22.0 Å². The van der Waals surface area contributed by atoms with Gasteiger partial charge in [-0.05, 0) is 86.1 Å². The van der Waals surface area contributed by atoms with Gasteiger partial charge in [0.25, 0.3) is 0 Å². The van der Waals surface area contributed by atoms with Gasteiger partial charge in [0.1, 0.15) is 11.6 Å². The third kappa shape index (κ3) is 8.57. The zero-order valence-electron chi connectivity index (χ0n) is 30.7. The van der Waals surface area contributed by atoms with Crippen LogP contribution in [0.3, 0.4) is 0 Å². The van der Waals surface area contributed by atoms with Crippen LogP contribution in [0.2, 0.25) is 0 Å². The fraction of sp³-hybridized carbons (Fsp3) is 0.341. The van der Waals surface area contributed by atoms with Crippen molar-refractivity contribution < 1.29 is 41.0 Å². The monoisotopic (exact) mass is 759 g/mol. The van der Waals surface area contributed by atoms with Crippen molar-refractivity contribution in [2.24, 2.45) is 5.41 Å². The normalized spacial score (nSPS) is 18.0. The molecule has 13 heteroatoms. The number of aromatic nitrogens is 3. The van der Waals surface area contributed by atoms with Gasteiger partial charge in [-0.2, -0.15) is 5.10 Å². The van der Waals surface area contributed by atoms with Crippen LogP contribution in [-0.2, 0) is 35.3 Å². The largest absolute Gasteiger partial charge is 0.466 e. The highest BCUT2D eigenvalue weighted by atomic mass is 32.2. The van der Waals surface area contributed by atoms with Crippen LogP contribution in [0.4, 0.5) is 8.78 Å². The van der Waals surface area contributed by atoms with Gasteiger partial charge in [-0.1, -0.05) is 44.5 Å². The molecule has 0 saturated heterocycles. The lowest BCUT2D eigenvalue weighted by atomic mass is 9.87. The minimum Gasteiger partial charge on any atom is -0.466 e. The first-order chi connectivity index (χ1) is 25.8. The van der Waals surface area contributed by atoms with Crippen LogP contribution in [0.25, 0.3) is 28.2 Å². The van der Waals surface area contributed by atoms with Gasteiger partial charge in [0.05, 0.1) is 30.7 Å². The molecule has 5 aromatic rings. The second-order valence-electron chi connectivity index (χ2n) is 14.1. The Labute approximate surface area is 313 Å². The minimum absolute atomic E-state index is 0.000665. The van der Waals surface area contributed by atoms with Crippen molar-refractivity contribution in [2.75, 3.05) is 19.0 Å². The van der Waals surface area contributed by atoms with Crippen LogP contribution in [0.5, 0.6) is 11.5 Å². The molecule has 1 aliphatic heterocycles. The van der Waals surface area contributed by atoms with Gasteiger partial charge >= 0.3 is 11.9 Å². The summed E-state index contributed by atoms with van der Waals surface area (Å²) in [6.45, 7) is 7.19. The fourth-order valence-electron chi connectivity index (χ4n) is 6.90. The molecule has 1 aliphatic rings. The Bertz CT molecular complexity index is 2330. The average molecular weight is 760 g/mol. The van der Waals surface area contributed by atoms with Crippen molar-refractivity contribution in [3.05, 3.63) is 106 Å². The third-order valence-corrected chi connectivity index (χ3v) is 11.5. The van der Waals surface area contributed by atoms with E-state index in [-0.39, 0.29) is 47.7 Å². The van der Waals surface area contributed by atoms with E-state index < -0.39 is 43.5 Å². The Morgan fingerprint density at radius 3 is 2.59 bits per heavy atom. The summed E-state index contributed by atoms with van der Waals surface area (Å²) < 4.78 is 78.1. The molecule has 4 bridgehead atoms. The number of carbonyl (C=O) groups excluding carboxylic acids is 2. The summed E-state index contributed by atoms with van der Waals surface area (Å²) in [5, 5.41) is 5.21. The summed E-state index contributed by atoms with van der Waals surface area (Å²) in [6, 6.07) is 15.9. The number of H-pyrrole nitrogens is 1.